The fourth-order valence-electron chi connectivity index (χ4n) is 2.66. The van der Waals surface area contributed by atoms with E-state index in [1.165, 1.54) is 7.11 Å². The Morgan fingerprint density at radius 3 is 2.96 bits per heavy atom. The van der Waals surface area contributed by atoms with Crippen LogP contribution in [0.1, 0.15) is 31.2 Å². The molecule has 1 aromatic rings. The predicted octanol–water partition coefficient (Wildman–Crippen LogP) is 4.17. The SMILES string of the molecule is C=CCC1=CC(Oc2c(Br)cccc2CCCC(=O)OC)CC1=O. The van der Waals surface area contributed by atoms with Crippen molar-refractivity contribution in [1.82, 2.24) is 0 Å². The number of carbonyl (C=O) groups excluding carboxylic acids is 2. The van der Waals surface area contributed by atoms with Crippen LogP contribution in [0.15, 0.2) is 47.0 Å². The van der Waals surface area contributed by atoms with Gasteiger partial charge in [-0.05, 0) is 58.5 Å². The molecular weight excluding hydrogens is 372 g/mol. The van der Waals surface area contributed by atoms with Gasteiger partial charge in [0.05, 0.1) is 18.0 Å². The van der Waals surface area contributed by atoms with Crippen molar-refractivity contribution in [2.24, 2.45) is 0 Å². The number of Topliss-reactive ketones (excluding diaryl/α,β-unsaturated/α-hetero) is 1. The molecule has 0 saturated carbocycles. The Morgan fingerprint density at radius 2 is 2.25 bits per heavy atom. The Balaban J connectivity index is 2.08. The molecule has 24 heavy (non-hydrogen) atoms. The van der Waals surface area contributed by atoms with Crippen LogP contribution < -0.4 is 4.74 Å². The summed E-state index contributed by atoms with van der Waals surface area (Å²) < 4.78 is 11.6. The number of rotatable bonds is 8. The number of ether oxygens (including phenoxy) is 2. The van der Waals surface area contributed by atoms with E-state index in [-0.39, 0.29) is 17.9 Å². The molecule has 0 heterocycles. The normalized spacial score (nSPS) is 16.7. The number of hydrogen-bond donors (Lipinski definition) is 0. The zero-order chi connectivity index (χ0) is 17.5. The molecule has 5 heteroatoms. The first-order valence-corrected chi connectivity index (χ1v) is 8.70. The number of allylic oxidation sites excluding steroid dienone is 2. The van der Waals surface area contributed by atoms with E-state index in [4.69, 9.17) is 4.74 Å². The number of hydrogen-bond acceptors (Lipinski definition) is 4. The summed E-state index contributed by atoms with van der Waals surface area (Å²) in [4.78, 5) is 23.2. The zero-order valence-corrected chi connectivity index (χ0v) is 15.3. The van der Waals surface area contributed by atoms with Gasteiger partial charge in [-0.2, -0.15) is 0 Å². The van der Waals surface area contributed by atoms with E-state index in [0.29, 0.717) is 32.1 Å². The van der Waals surface area contributed by atoms with Gasteiger partial charge < -0.3 is 9.47 Å². The molecule has 1 aliphatic rings. The topological polar surface area (TPSA) is 52.6 Å². The first kappa shape index (κ1) is 18.5. The van der Waals surface area contributed by atoms with E-state index in [1.807, 2.05) is 24.3 Å². The van der Waals surface area contributed by atoms with Crippen molar-refractivity contribution in [3.05, 3.63) is 52.5 Å². The lowest BCUT2D eigenvalue weighted by molar-refractivity contribution is -0.140. The van der Waals surface area contributed by atoms with E-state index in [0.717, 1.165) is 21.4 Å². The highest BCUT2D eigenvalue weighted by atomic mass is 79.9. The summed E-state index contributed by atoms with van der Waals surface area (Å²) in [5.41, 5.74) is 1.76. The van der Waals surface area contributed by atoms with E-state index in [2.05, 4.69) is 27.2 Å². The monoisotopic (exact) mass is 392 g/mol. The summed E-state index contributed by atoms with van der Waals surface area (Å²) in [6.07, 6.45) is 6.02. The number of aryl methyl sites for hydroxylation is 1. The van der Waals surface area contributed by atoms with Gasteiger partial charge in [0.1, 0.15) is 11.9 Å². The molecule has 1 aliphatic carbocycles. The molecule has 1 aromatic carbocycles. The van der Waals surface area contributed by atoms with Crippen LogP contribution in [-0.4, -0.2) is 25.0 Å². The van der Waals surface area contributed by atoms with Gasteiger partial charge in [0, 0.05) is 6.42 Å². The lowest BCUT2D eigenvalue weighted by atomic mass is 10.1. The summed E-state index contributed by atoms with van der Waals surface area (Å²) in [7, 11) is 1.39. The van der Waals surface area contributed by atoms with E-state index in [1.54, 1.807) is 6.08 Å². The molecule has 0 spiro atoms. The van der Waals surface area contributed by atoms with E-state index < -0.39 is 0 Å². The van der Waals surface area contributed by atoms with Crippen LogP contribution in [0.25, 0.3) is 0 Å². The second-order valence-electron chi connectivity index (χ2n) is 5.63. The lowest BCUT2D eigenvalue weighted by Gasteiger charge is -2.16. The summed E-state index contributed by atoms with van der Waals surface area (Å²) in [6, 6.07) is 5.82. The highest BCUT2D eigenvalue weighted by Gasteiger charge is 2.25. The fraction of sp³-hybridized carbons (Fsp3) is 0.368. The second kappa shape index (κ2) is 8.83. The smallest absolute Gasteiger partial charge is 0.305 e. The summed E-state index contributed by atoms with van der Waals surface area (Å²) in [5, 5.41) is 0. The molecule has 4 nitrogen and oxygen atoms in total. The first-order valence-electron chi connectivity index (χ1n) is 7.90. The lowest BCUT2D eigenvalue weighted by Crippen LogP contribution is -2.14. The van der Waals surface area contributed by atoms with E-state index in [9.17, 15) is 9.59 Å². The van der Waals surface area contributed by atoms with Crippen LogP contribution in [0, 0.1) is 0 Å². The maximum absolute atomic E-state index is 12.0. The Labute approximate surface area is 150 Å². The molecule has 128 valence electrons. The number of para-hydroxylation sites is 1. The van der Waals surface area contributed by atoms with Gasteiger partial charge in [0.2, 0.25) is 0 Å². The molecular formula is C19H21BrO4. The van der Waals surface area contributed by atoms with Crippen LogP contribution in [0.2, 0.25) is 0 Å². The van der Waals surface area contributed by atoms with Crippen molar-refractivity contribution in [1.29, 1.82) is 0 Å². The summed E-state index contributed by atoms with van der Waals surface area (Å²) in [5.74, 6) is 0.626. The summed E-state index contributed by atoms with van der Waals surface area (Å²) >= 11 is 3.51. The van der Waals surface area contributed by atoms with Gasteiger partial charge in [-0.15, -0.1) is 6.58 Å². The number of halogens is 1. The maximum Gasteiger partial charge on any atom is 0.305 e. The molecule has 0 aliphatic heterocycles. The molecule has 0 aromatic heterocycles. The fourth-order valence-corrected chi connectivity index (χ4v) is 3.16. The minimum absolute atomic E-state index is 0.110. The predicted molar refractivity (Wildman–Crippen MR) is 96.0 cm³/mol. The number of carbonyl (C=O) groups is 2. The molecule has 0 saturated heterocycles. The third-order valence-corrected chi connectivity index (χ3v) is 4.49. The largest absolute Gasteiger partial charge is 0.484 e. The average molecular weight is 393 g/mol. The Morgan fingerprint density at radius 1 is 1.46 bits per heavy atom. The van der Waals surface area contributed by atoms with Crippen molar-refractivity contribution in [2.45, 2.75) is 38.2 Å². The first-order chi connectivity index (χ1) is 11.5. The maximum atomic E-state index is 12.0. The van der Waals surface area contributed by atoms with Gasteiger partial charge >= 0.3 is 5.97 Å². The number of benzene rings is 1. The Kier molecular flexibility index (Phi) is 6.79. The Bertz CT molecular complexity index is 663. The van der Waals surface area contributed by atoms with Crippen molar-refractivity contribution >= 4 is 27.7 Å². The molecule has 0 radical (unpaired) electrons. The van der Waals surface area contributed by atoms with Crippen molar-refractivity contribution in [2.75, 3.05) is 7.11 Å². The molecule has 0 N–H and O–H groups in total. The third kappa shape index (κ3) is 4.81. The number of methoxy groups -OCH3 is 1. The van der Waals surface area contributed by atoms with Crippen molar-refractivity contribution in [3.63, 3.8) is 0 Å². The van der Waals surface area contributed by atoms with Crippen LogP contribution in [-0.2, 0) is 20.7 Å². The van der Waals surface area contributed by atoms with Crippen LogP contribution in [0.3, 0.4) is 0 Å². The van der Waals surface area contributed by atoms with Gasteiger partial charge in [-0.1, -0.05) is 18.2 Å². The van der Waals surface area contributed by atoms with Gasteiger partial charge in [0.25, 0.3) is 0 Å². The third-order valence-electron chi connectivity index (χ3n) is 3.87. The van der Waals surface area contributed by atoms with E-state index >= 15 is 0 Å². The molecule has 0 fully saturated rings. The number of esters is 1. The van der Waals surface area contributed by atoms with Gasteiger partial charge in [-0.3, -0.25) is 9.59 Å². The van der Waals surface area contributed by atoms with Crippen LogP contribution in [0.5, 0.6) is 5.75 Å². The zero-order valence-electron chi connectivity index (χ0n) is 13.7. The average Bonchev–Trinajstić information content (AvgIpc) is 2.90. The van der Waals surface area contributed by atoms with Gasteiger partial charge in [0.15, 0.2) is 5.78 Å². The molecule has 0 amide bonds. The minimum Gasteiger partial charge on any atom is -0.484 e. The molecule has 0 bridgehead atoms. The molecule has 2 rings (SSSR count). The Hall–Kier alpha value is -1.88. The van der Waals surface area contributed by atoms with Gasteiger partial charge in [-0.25, -0.2) is 0 Å². The minimum atomic E-state index is -0.259. The van der Waals surface area contributed by atoms with Crippen LogP contribution >= 0.6 is 15.9 Å². The quantitative estimate of drug-likeness (QED) is 0.492. The number of ketones is 1. The molecule has 1 atom stereocenters. The standard InChI is InChI=1S/C19H21BrO4/c1-3-6-14-11-15(12-17(14)21)24-19-13(7-4-9-16(19)20)8-5-10-18(22)23-2/h3-4,7,9,11,15H,1,5-6,8,10,12H2,2H3. The highest BCUT2D eigenvalue weighted by Crippen LogP contribution is 2.33. The summed E-state index contributed by atoms with van der Waals surface area (Å²) in [6.45, 7) is 3.67. The van der Waals surface area contributed by atoms with Crippen molar-refractivity contribution < 1.29 is 19.1 Å². The van der Waals surface area contributed by atoms with Crippen molar-refractivity contribution in [3.8, 4) is 5.75 Å². The van der Waals surface area contributed by atoms with Crippen LogP contribution in [0.4, 0.5) is 0 Å². The highest BCUT2D eigenvalue weighted by molar-refractivity contribution is 9.10. The second-order valence-corrected chi connectivity index (χ2v) is 6.48. The molecule has 1 unspecified atom stereocenters.